The predicted octanol–water partition coefficient (Wildman–Crippen LogP) is 3.06. The van der Waals surface area contributed by atoms with Gasteiger partial charge < -0.3 is 4.90 Å². The van der Waals surface area contributed by atoms with Gasteiger partial charge in [-0.15, -0.1) is 0 Å². The molecule has 0 aromatic carbocycles. The van der Waals surface area contributed by atoms with E-state index in [1.165, 1.54) is 11.8 Å². The summed E-state index contributed by atoms with van der Waals surface area (Å²) in [4.78, 5) is 30.3. The third-order valence-electron chi connectivity index (χ3n) is 5.48. The van der Waals surface area contributed by atoms with Crippen LogP contribution in [0.5, 0.6) is 0 Å². The molecule has 0 N–H and O–H groups in total. The predicted molar refractivity (Wildman–Crippen MR) is 125 cm³/mol. The number of amides is 1. The molecule has 8 nitrogen and oxygen atoms in total. The molecule has 1 saturated heterocycles. The minimum absolute atomic E-state index is 0.110. The summed E-state index contributed by atoms with van der Waals surface area (Å²) in [6.45, 7) is 5.93. The average Bonchev–Trinajstić information content (AvgIpc) is 2.98. The zero-order valence-corrected chi connectivity index (χ0v) is 19.8. The molecule has 4 heterocycles. The van der Waals surface area contributed by atoms with Crippen LogP contribution in [0.2, 0.25) is 5.15 Å². The van der Waals surface area contributed by atoms with Crippen molar-refractivity contribution in [1.29, 1.82) is 0 Å². The van der Waals surface area contributed by atoms with Crippen molar-refractivity contribution in [3.8, 4) is 11.4 Å². The van der Waals surface area contributed by atoms with E-state index >= 15 is 0 Å². The summed E-state index contributed by atoms with van der Waals surface area (Å²) in [6, 6.07) is 7.53. The Morgan fingerprint density at radius 1 is 1.09 bits per heavy atom. The first-order valence-corrected chi connectivity index (χ1v) is 11.9. The lowest BCUT2D eigenvalue weighted by molar-refractivity contribution is -0.128. The molecule has 1 fully saturated rings. The smallest absolute Gasteiger partial charge is 0.233 e. The molecule has 0 unspecified atom stereocenters. The van der Waals surface area contributed by atoms with Gasteiger partial charge in [-0.2, -0.15) is 5.10 Å². The Balaban J connectivity index is 1.31. The van der Waals surface area contributed by atoms with Crippen LogP contribution in [0.25, 0.3) is 11.4 Å². The van der Waals surface area contributed by atoms with Crippen molar-refractivity contribution in [2.45, 2.75) is 25.0 Å². The van der Waals surface area contributed by atoms with Crippen LogP contribution < -0.4 is 0 Å². The maximum atomic E-state index is 12.8. The number of nitrogens with zero attached hydrogens (tertiary/aromatic N) is 7. The highest BCUT2D eigenvalue weighted by atomic mass is 35.5. The van der Waals surface area contributed by atoms with E-state index in [4.69, 9.17) is 11.6 Å². The summed E-state index contributed by atoms with van der Waals surface area (Å²) in [5.41, 5.74) is 3.57. The van der Waals surface area contributed by atoms with Crippen LogP contribution in [0.15, 0.2) is 41.8 Å². The van der Waals surface area contributed by atoms with E-state index in [0.29, 0.717) is 22.6 Å². The highest BCUT2D eigenvalue weighted by Crippen LogP contribution is 2.22. The number of aromatic nitrogens is 5. The number of carbonyl (C=O) groups excluding carboxylic acids is 1. The summed E-state index contributed by atoms with van der Waals surface area (Å²) in [5.74, 6) is 0.429. The highest BCUT2D eigenvalue weighted by molar-refractivity contribution is 7.99. The average molecular weight is 472 g/mol. The van der Waals surface area contributed by atoms with Crippen molar-refractivity contribution in [3.63, 3.8) is 0 Å². The Hall–Kier alpha value is -2.49. The molecular formula is C22H26ClN7OS. The van der Waals surface area contributed by atoms with Gasteiger partial charge in [0.25, 0.3) is 0 Å². The topological polar surface area (TPSA) is 80.0 Å². The van der Waals surface area contributed by atoms with Gasteiger partial charge >= 0.3 is 0 Å². The van der Waals surface area contributed by atoms with Gasteiger partial charge in [0.15, 0.2) is 5.16 Å². The Kier molecular flexibility index (Phi) is 7.39. The van der Waals surface area contributed by atoms with Crippen LogP contribution in [0.1, 0.15) is 17.7 Å². The fourth-order valence-electron chi connectivity index (χ4n) is 3.74. The van der Waals surface area contributed by atoms with Crippen LogP contribution >= 0.6 is 23.4 Å². The fourth-order valence-corrected chi connectivity index (χ4v) is 4.71. The van der Waals surface area contributed by atoms with Crippen LogP contribution in [-0.4, -0.2) is 72.4 Å². The quantitative estimate of drug-likeness (QED) is 0.403. The lowest BCUT2D eigenvalue weighted by Crippen LogP contribution is -2.36. The number of hydrogen-bond donors (Lipinski definition) is 0. The molecule has 0 spiro atoms. The second-order valence-corrected chi connectivity index (χ2v) is 9.02. The maximum Gasteiger partial charge on any atom is 0.233 e. The van der Waals surface area contributed by atoms with Crippen molar-refractivity contribution >= 4 is 29.3 Å². The molecule has 0 radical (unpaired) electrons. The minimum Gasteiger partial charge on any atom is -0.341 e. The zero-order valence-electron chi connectivity index (χ0n) is 18.2. The fraction of sp³-hybridized carbons (Fsp3) is 0.409. The summed E-state index contributed by atoms with van der Waals surface area (Å²) in [7, 11) is 1.86. The van der Waals surface area contributed by atoms with E-state index in [0.717, 1.165) is 55.2 Å². The molecule has 3 aromatic heterocycles. The molecule has 0 bridgehead atoms. The lowest BCUT2D eigenvalue weighted by Gasteiger charge is -2.22. The molecule has 4 rings (SSSR count). The van der Waals surface area contributed by atoms with E-state index in [1.807, 2.05) is 43.1 Å². The first-order valence-electron chi connectivity index (χ1n) is 10.6. The largest absolute Gasteiger partial charge is 0.341 e. The minimum atomic E-state index is 0.110. The van der Waals surface area contributed by atoms with Crippen LogP contribution in [0, 0.1) is 6.92 Å². The second-order valence-electron chi connectivity index (χ2n) is 7.72. The number of aryl methyl sites for hydroxylation is 2. The zero-order chi connectivity index (χ0) is 22.5. The summed E-state index contributed by atoms with van der Waals surface area (Å²) in [6.07, 6.45) is 4.37. The third kappa shape index (κ3) is 5.46. The Bertz CT molecular complexity index is 1080. The first kappa shape index (κ1) is 22.7. The number of thioether (sulfide) groups is 1. The first-order chi connectivity index (χ1) is 15.5. The van der Waals surface area contributed by atoms with E-state index in [-0.39, 0.29) is 5.91 Å². The number of pyridine rings is 1. The van der Waals surface area contributed by atoms with Crippen LogP contribution in [0.4, 0.5) is 0 Å². The van der Waals surface area contributed by atoms with Gasteiger partial charge in [-0.25, -0.2) is 9.97 Å². The molecule has 3 aromatic rings. The van der Waals surface area contributed by atoms with Gasteiger partial charge in [0.05, 0.1) is 22.8 Å². The van der Waals surface area contributed by atoms with E-state index in [1.54, 1.807) is 17.1 Å². The molecule has 1 aliphatic rings. The second kappa shape index (κ2) is 10.4. The van der Waals surface area contributed by atoms with Gasteiger partial charge in [0.2, 0.25) is 5.91 Å². The molecule has 0 atom stereocenters. The Labute approximate surface area is 197 Å². The number of hydrogen-bond acceptors (Lipinski definition) is 7. The van der Waals surface area contributed by atoms with Crippen molar-refractivity contribution in [2.24, 2.45) is 7.05 Å². The van der Waals surface area contributed by atoms with Crippen molar-refractivity contribution in [1.82, 2.24) is 34.5 Å². The van der Waals surface area contributed by atoms with E-state index < -0.39 is 0 Å². The molecule has 1 aliphatic heterocycles. The maximum absolute atomic E-state index is 12.8. The van der Waals surface area contributed by atoms with E-state index in [2.05, 4.69) is 25.0 Å². The number of halogens is 1. The molecule has 10 heteroatoms. The molecular weight excluding hydrogens is 446 g/mol. The number of carbonyl (C=O) groups is 1. The third-order valence-corrected chi connectivity index (χ3v) is 6.80. The van der Waals surface area contributed by atoms with Gasteiger partial charge in [-0.05, 0) is 31.5 Å². The van der Waals surface area contributed by atoms with Gasteiger partial charge in [-0.1, -0.05) is 29.4 Å². The van der Waals surface area contributed by atoms with Gasteiger partial charge in [0.1, 0.15) is 5.15 Å². The highest BCUT2D eigenvalue weighted by Gasteiger charge is 2.22. The Morgan fingerprint density at radius 2 is 1.97 bits per heavy atom. The van der Waals surface area contributed by atoms with Crippen LogP contribution in [0.3, 0.4) is 0 Å². The molecule has 0 aliphatic carbocycles. The summed E-state index contributed by atoms with van der Waals surface area (Å²) >= 11 is 7.76. The van der Waals surface area contributed by atoms with Gasteiger partial charge in [-0.3, -0.25) is 19.4 Å². The van der Waals surface area contributed by atoms with Crippen molar-refractivity contribution in [3.05, 3.63) is 53.1 Å². The normalized spacial score (nSPS) is 15.0. The van der Waals surface area contributed by atoms with Crippen LogP contribution in [-0.2, 0) is 18.4 Å². The Morgan fingerprint density at radius 3 is 2.72 bits per heavy atom. The monoisotopic (exact) mass is 471 g/mol. The van der Waals surface area contributed by atoms with Crippen molar-refractivity contribution < 1.29 is 4.79 Å². The summed E-state index contributed by atoms with van der Waals surface area (Å²) in [5, 5.41) is 5.66. The standard InChI is InChI=1S/C22H26ClN7OS/c1-16-17(21(23)28(2)27-16)14-29-10-5-11-30(13-12-29)20(31)15-32-22-25-9-7-19(26-22)18-6-3-4-8-24-18/h3-4,6-9H,5,10-15H2,1-2H3. The van der Waals surface area contributed by atoms with Gasteiger partial charge in [0, 0.05) is 57.7 Å². The molecule has 0 saturated carbocycles. The number of rotatable bonds is 6. The molecule has 1 amide bonds. The summed E-state index contributed by atoms with van der Waals surface area (Å²) < 4.78 is 1.71. The SMILES string of the molecule is Cc1nn(C)c(Cl)c1CN1CCCN(C(=O)CSc2nccc(-c3ccccn3)n2)CC1. The van der Waals surface area contributed by atoms with Crippen molar-refractivity contribution in [2.75, 3.05) is 31.9 Å². The molecule has 32 heavy (non-hydrogen) atoms. The lowest BCUT2D eigenvalue weighted by atomic mass is 10.2. The molecule has 168 valence electrons. The van der Waals surface area contributed by atoms with E-state index in [9.17, 15) is 4.79 Å².